The van der Waals surface area contributed by atoms with E-state index >= 15 is 0 Å². The number of aromatic hydroxyl groups is 2. The fourth-order valence-electron chi connectivity index (χ4n) is 6.30. The standard InChI is InChI=1S/C27H33N3O3/c1-33-19-6-4-5-18(17-19)29-15-13-28(14-16-29)11-2-3-12-30-26(31)24-22-9-10-23(25(24)27(30)32)21-8-7-20(21)22/h4-10,17,20-23,31-32H,2-3,11-16H2,1H3. The van der Waals surface area contributed by atoms with Gasteiger partial charge in [0.1, 0.15) is 5.75 Å². The van der Waals surface area contributed by atoms with Gasteiger partial charge in [-0.25, -0.2) is 0 Å². The number of benzene rings is 1. The van der Waals surface area contributed by atoms with Gasteiger partial charge in [-0.05, 0) is 43.4 Å². The molecule has 2 aromatic rings. The van der Waals surface area contributed by atoms with Gasteiger partial charge in [0.2, 0.25) is 0 Å². The monoisotopic (exact) mass is 447 g/mol. The number of methoxy groups -OCH3 is 1. The summed E-state index contributed by atoms with van der Waals surface area (Å²) in [5.74, 6) is 2.88. The molecule has 174 valence electrons. The molecule has 1 aliphatic heterocycles. The summed E-state index contributed by atoms with van der Waals surface area (Å²) in [5, 5.41) is 21.9. The third-order valence-electron chi connectivity index (χ3n) is 8.20. The molecule has 0 saturated carbocycles. The fraction of sp³-hybridized carbons (Fsp3) is 0.481. The highest BCUT2D eigenvalue weighted by Crippen LogP contribution is 2.61. The van der Waals surface area contributed by atoms with Gasteiger partial charge in [-0.2, -0.15) is 0 Å². The predicted molar refractivity (Wildman–Crippen MR) is 129 cm³/mol. The Morgan fingerprint density at radius 2 is 1.48 bits per heavy atom. The molecule has 2 heterocycles. The average molecular weight is 448 g/mol. The summed E-state index contributed by atoms with van der Waals surface area (Å²) >= 11 is 0. The van der Waals surface area contributed by atoms with E-state index in [0.29, 0.717) is 18.4 Å². The van der Waals surface area contributed by atoms with Crippen LogP contribution in [0, 0.1) is 11.8 Å². The maximum absolute atomic E-state index is 10.9. The minimum atomic E-state index is 0.216. The van der Waals surface area contributed by atoms with Crippen LogP contribution in [0.4, 0.5) is 5.69 Å². The van der Waals surface area contributed by atoms with Crippen LogP contribution in [0.1, 0.15) is 35.8 Å². The average Bonchev–Trinajstić information content (AvgIpc) is 3.08. The quantitative estimate of drug-likeness (QED) is 0.495. The molecule has 4 unspecified atom stereocenters. The molecule has 7 rings (SSSR count). The van der Waals surface area contributed by atoms with Crippen molar-refractivity contribution in [2.75, 3.05) is 44.7 Å². The number of allylic oxidation sites excluding steroid dienone is 4. The molecule has 4 aliphatic carbocycles. The molecule has 1 saturated heterocycles. The molecule has 2 bridgehead atoms. The molecule has 6 heteroatoms. The van der Waals surface area contributed by atoms with E-state index in [1.807, 2.05) is 12.1 Å². The molecule has 5 aliphatic rings. The van der Waals surface area contributed by atoms with Crippen molar-refractivity contribution in [3.63, 3.8) is 0 Å². The Hall–Kier alpha value is -2.86. The van der Waals surface area contributed by atoms with Gasteiger partial charge in [-0.15, -0.1) is 0 Å². The first-order valence-electron chi connectivity index (χ1n) is 12.3. The van der Waals surface area contributed by atoms with Crippen LogP contribution < -0.4 is 9.64 Å². The first-order chi connectivity index (χ1) is 16.2. The number of anilines is 1. The van der Waals surface area contributed by atoms with Crippen molar-refractivity contribution >= 4 is 5.69 Å². The maximum atomic E-state index is 10.9. The molecule has 6 nitrogen and oxygen atoms in total. The third-order valence-corrected chi connectivity index (χ3v) is 8.20. The first-order valence-corrected chi connectivity index (χ1v) is 12.3. The highest BCUT2D eigenvalue weighted by atomic mass is 16.5. The van der Waals surface area contributed by atoms with Gasteiger partial charge in [0.25, 0.3) is 0 Å². The van der Waals surface area contributed by atoms with Gasteiger partial charge in [0, 0.05) is 67.4 Å². The van der Waals surface area contributed by atoms with Crippen molar-refractivity contribution < 1.29 is 14.9 Å². The smallest absolute Gasteiger partial charge is 0.198 e. The molecule has 0 radical (unpaired) electrons. The van der Waals surface area contributed by atoms with E-state index < -0.39 is 0 Å². The number of ether oxygens (including phenoxy) is 1. The number of rotatable bonds is 7. The van der Waals surface area contributed by atoms with E-state index in [1.165, 1.54) is 5.69 Å². The summed E-state index contributed by atoms with van der Waals surface area (Å²) in [5.41, 5.74) is 3.17. The Kier molecular flexibility index (Phi) is 5.13. The van der Waals surface area contributed by atoms with Crippen LogP contribution in [0.15, 0.2) is 48.6 Å². The van der Waals surface area contributed by atoms with E-state index in [2.05, 4.69) is 46.2 Å². The molecular formula is C27H33N3O3. The lowest BCUT2D eigenvalue weighted by atomic mass is 9.56. The second-order valence-electron chi connectivity index (χ2n) is 9.84. The maximum Gasteiger partial charge on any atom is 0.198 e. The second kappa shape index (κ2) is 8.17. The normalized spacial score (nSPS) is 27.4. The molecular weight excluding hydrogens is 414 g/mol. The summed E-state index contributed by atoms with van der Waals surface area (Å²) in [7, 11) is 1.71. The van der Waals surface area contributed by atoms with Crippen LogP contribution in [-0.4, -0.2) is 59.5 Å². The Balaban J connectivity index is 1.02. The van der Waals surface area contributed by atoms with Gasteiger partial charge in [0.05, 0.1) is 7.11 Å². The van der Waals surface area contributed by atoms with Crippen molar-refractivity contribution in [3.05, 3.63) is 59.7 Å². The fourth-order valence-corrected chi connectivity index (χ4v) is 6.30. The van der Waals surface area contributed by atoms with E-state index in [9.17, 15) is 10.2 Å². The summed E-state index contributed by atoms with van der Waals surface area (Å²) in [6.07, 6.45) is 11.0. The van der Waals surface area contributed by atoms with Crippen molar-refractivity contribution in [1.29, 1.82) is 0 Å². The number of nitrogens with zero attached hydrogens (tertiary/aromatic N) is 3. The van der Waals surface area contributed by atoms with Crippen LogP contribution >= 0.6 is 0 Å². The highest BCUT2D eigenvalue weighted by Gasteiger charge is 2.49. The largest absolute Gasteiger partial charge is 0.497 e. The lowest BCUT2D eigenvalue weighted by Crippen LogP contribution is -2.46. The van der Waals surface area contributed by atoms with Gasteiger partial charge in [-0.1, -0.05) is 30.4 Å². The van der Waals surface area contributed by atoms with Crippen molar-refractivity contribution in [2.45, 2.75) is 31.2 Å². The van der Waals surface area contributed by atoms with E-state index in [0.717, 1.165) is 62.4 Å². The summed E-state index contributed by atoms with van der Waals surface area (Å²) in [6, 6.07) is 8.29. The number of piperazine rings is 1. The Morgan fingerprint density at radius 3 is 2.09 bits per heavy atom. The SMILES string of the molecule is COc1cccc(N2CCN(CCCCn3c(O)c4c(c3O)C3C=CC4C4C=CC34)CC2)c1. The van der Waals surface area contributed by atoms with E-state index in [1.54, 1.807) is 11.7 Å². The predicted octanol–water partition coefficient (Wildman–Crippen LogP) is 4.06. The zero-order valence-electron chi connectivity index (χ0n) is 19.2. The van der Waals surface area contributed by atoms with Crippen LogP contribution in [-0.2, 0) is 6.54 Å². The number of hydrogen-bond acceptors (Lipinski definition) is 5. The van der Waals surface area contributed by atoms with Crippen molar-refractivity contribution in [3.8, 4) is 17.5 Å². The number of unbranched alkanes of at least 4 members (excludes halogenated alkanes) is 1. The summed E-state index contributed by atoms with van der Waals surface area (Å²) < 4.78 is 7.11. The van der Waals surface area contributed by atoms with Crippen molar-refractivity contribution in [1.82, 2.24) is 9.47 Å². The van der Waals surface area contributed by atoms with Crippen LogP contribution in [0.3, 0.4) is 0 Å². The molecule has 1 fully saturated rings. The Morgan fingerprint density at radius 1 is 0.848 bits per heavy atom. The second-order valence-corrected chi connectivity index (χ2v) is 9.84. The zero-order valence-corrected chi connectivity index (χ0v) is 19.2. The lowest BCUT2D eigenvalue weighted by Gasteiger charge is -2.47. The van der Waals surface area contributed by atoms with Gasteiger partial charge >= 0.3 is 0 Å². The molecule has 0 amide bonds. The first kappa shape index (κ1) is 20.7. The van der Waals surface area contributed by atoms with Gasteiger partial charge in [0.15, 0.2) is 11.8 Å². The van der Waals surface area contributed by atoms with Crippen molar-refractivity contribution in [2.24, 2.45) is 11.8 Å². The minimum Gasteiger partial charge on any atom is -0.497 e. The molecule has 4 atom stereocenters. The van der Waals surface area contributed by atoms with E-state index in [-0.39, 0.29) is 23.6 Å². The molecule has 0 spiro atoms. The molecule has 2 N–H and O–H groups in total. The summed E-state index contributed by atoms with van der Waals surface area (Å²) in [6.45, 7) is 5.86. The minimum absolute atomic E-state index is 0.216. The van der Waals surface area contributed by atoms with Crippen LogP contribution in [0.5, 0.6) is 17.5 Å². The Labute approximate surface area is 195 Å². The number of hydrogen-bond donors (Lipinski definition) is 2. The lowest BCUT2D eigenvalue weighted by molar-refractivity contribution is 0.249. The molecule has 1 aromatic heterocycles. The van der Waals surface area contributed by atoms with Gasteiger partial charge in [-0.3, -0.25) is 9.47 Å². The highest BCUT2D eigenvalue weighted by molar-refractivity contribution is 5.59. The summed E-state index contributed by atoms with van der Waals surface area (Å²) in [4.78, 5) is 4.94. The molecule has 33 heavy (non-hydrogen) atoms. The number of aromatic nitrogens is 1. The topological polar surface area (TPSA) is 61.1 Å². The molecule has 1 aromatic carbocycles. The van der Waals surface area contributed by atoms with Gasteiger partial charge < -0.3 is 19.8 Å². The zero-order chi connectivity index (χ0) is 22.5. The Bertz CT molecular complexity index is 1050. The van der Waals surface area contributed by atoms with Crippen LogP contribution in [0.2, 0.25) is 0 Å². The third kappa shape index (κ3) is 3.34. The van der Waals surface area contributed by atoms with Crippen LogP contribution in [0.25, 0.3) is 0 Å². The van der Waals surface area contributed by atoms with E-state index in [4.69, 9.17) is 4.74 Å².